The molecule has 1 aliphatic rings. The van der Waals surface area contributed by atoms with Gasteiger partial charge in [0, 0.05) is 6.21 Å². The Kier molecular flexibility index (Phi) is 4.40. The van der Waals surface area contributed by atoms with Crippen molar-refractivity contribution >= 4 is 38.8 Å². The van der Waals surface area contributed by atoms with Crippen molar-refractivity contribution < 1.29 is 18.0 Å². The monoisotopic (exact) mass is 393 g/mol. The van der Waals surface area contributed by atoms with Gasteiger partial charge in [-0.05, 0) is 35.0 Å². The maximum absolute atomic E-state index is 12.4. The molecule has 28 heavy (non-hydrogen) atoms. The van der Waals surface area contributed by atoms with Crippen LogP contribution in [0, 0.1) is 0 Å². The molecule has 1 aliphatic heterocycles. The van der Waals surface area contributed by atoms with Crippen molar-refractivity contribution in [2.75, 3.05) is 6.54 Å². The number of fused-ring (bicyclic) bond motifs is 2. The van der Waals surface area contributed by atoms with Crippen molar-refractivity contribution in [3.05, 3.63) is 77.9 Å². The zero-order valence-electron chi connectivity index (χ0n) is 14.6. The van der Waals surface area contributed by atoms with Gasteiger partial charge in [0.15, 0.2) is 0 Å². The molecule has 1 heterocycles. The van der Waals surface area contributed by atoms with Crippen LogP contribution in [0.25, 0.3) is 10.8 Å². The van der Waals surface area contributed by atoms with Crippen LogP contribution in [0.2, 0.25) is 0 Å². The summed E-state index contributed by atoms with van der Waals surface area (Å²) >= 11 is 0. The Labute approximate surface area is 161 Å². The number of rotatable bonds is 5. The van der Waals surface area contributed by atoms with Crippen LogP contribution in [0.1, 0.15) is 20.7 Å². The lowest BCUT2D eigenvalue weighted by atomic mass is 10.1. The van der Waals surface area contributed by atoms with Crippen LogP contribution < -0.4 is 4.83 Å². The molecule has 8 heteroatoms. The Hall–Kier alpha value is -3.52. The molecule has 2 amide bonds. The molecule has 0 atom stereocenters. The van der Waals surface area contributed by atoms with Crippen molar-refractivity contribution in [1.29, 1.82) is 0 Å². The third-order valence-electron chi connectivity index (χ3n) is 4.44. The number of carbonyl (C=O) groups is 2. The van der Waals surface area contributed by atoms with E-state index in [1.165, 1.54) is 12.3 Å². The zero-order valence-corrected chi connectivity index (χ0v) is 15.4. The van der Waals surface area contributed by atoms with Crippen molar-refractivity contribution in [3.63, 3.8) is 0 Å². The van der Waals surface area contributed by atoms with Crippen molar-refractivity contribution in [2.45, 2.75) is 4.90 Å². The lowest BCUT2D eigenvalue weighted by Crippen LogP contribution is -2.32. The fraction of sp³-hybridized carbons (Fsp3) is 0.0500. The lowest BCUT2D eigenvalue weighted by molar-refractivity contribution is 0.0679. The van der Waals surface area contributed by atoms with E-state index in [1.54, 1.807) is 36.4 Å². The normalized spacial score (nSPS) is 14.1. The molecule has 0 unspecified atom stereocenters. The van der Waals surface area contributed by atoms with E-state index in [0.717, 1.165) is 15.7 Å². The highest BCUT2D eigenvalue weighted by atomic mass is 32.2. The second-order valence-electron chi connectivity index (χ2n) is 6.18. The highest BCUT2D eigenvalue weighted by Gasteiger charge is 2.34. The van der Waals surface area contributed by atoms with Gasteiger partial charge in [-0.25, -0.2) is 4.83 Å². The standard InChI is InChI=1S/C20H15N3O4S/c24-19-17-7-3-4-8-18(17)20(25)23(19)12-11-21-22-28(26,27)16-10-9-14-5-1-2-6-15(14)13-16/h1-11,13,22H,12H2/b21-11-. The second-order valence-corrected chi connectivity index (χ2v) is 7.84. The number of hydrogen-bond acceptors (Lipinski definition) is 5. The van der Waals surface area contributed by atoms with E-state index in [1.807, 2.05) is 24.3 Å². The first-order valence-corrected chi connectivity index (χ1v) is 9.93. The van der Waals surface area contributed by atoms with Gasteiger partial charge in [0.25, 0.3) is 21.8 Å². The molecule has 0 saturated heterocycles. The Morgan fingerprint density at radius 1 is 0.857 bits per heavy atom. The van der Waals surface area contributed by atoms with Crippen LogP contribution in [-0.2, 0) is 10.0 Å². The topological polar surface area (TPSA) is 95.9 Å². The summed E-state index contributed by atoms with van der Waals surface area (Å²) in [5, 5.41) is 5.40. The third-order valence-corrected chi connectivity index (χ3v) is 5.66. The molecule has 7 nitrogen and oxygen atoms in total. The van der Waals surface area contributed by atoms with Gasteiger partial charge in [-0.1, -0.05) is 42.5 Å². The number of sulfonamides is 1. The van der Waals surface area contributed by atoms with E-state index >= 15 is 0 Å². The number of imide groups is 1. The number of hydrogen-bond donors (Lipinski definition) is 1. The Balaban J connectivity index is 1.46. The highest BCUT2D eigenvalue weighted by molar-refractivity contribution is 7.89. The largest absolute Gasteiger partial charge is 0.276 e. The Morgan fingerprint density at radius 3 is 2.14 bits per heavy atom. The third kappa shape index (κ3) is 3.14. The zero-order chi connectivity index (χ0) is 19.7. The van der Waals surface area contributed by atoms with Crippen LogP contribution in [0.15, 0.2) is 76.7 Å². The van der Waals surface area contributed by atoms with Gasteiger partial charge in [0.1, 0.15) is 0 Å². The van der Waals surface area contributed by atoms with E-state index in [-0.39, 0.29) is 11.4 Å². The predicted octanol–water partition coefficient (Wildman–Crippen LogP) is 2.40. The van der Waals surface area contributed by atoms with Crippen molar-refractivity contribution in [3.8, 4) is 0 Å². The molecule has 0 fully saturated rings. The molecule has 4 rings (SSSR count). The van der Waals surface area contributed by atoms with Gasteiger partial charge in [0.05, 0.1) is 22.6 Å². The lowest BCUT2D eigenvalue weighted by Gasteiger charge is -2.10. The van der Waals surface area contributed by atoms with Crippen LogP contribution in [0.5, 0.6) is 0 Å². The first-order chi connectivity index (χ1) is 13.5. The van der Waals surface area contributed by atoms with Crippen molar-refractivity contribution in [2.24, 2.45) is 5.10 Å². The van der Waals surface area contributed by atoms with Gasteiger partial charge < -0.3 is 0 Å². The van der Waals surface area contributed by atoms with E-state index in [9.17, 15) is 18.0 Å². The minimum Gasteiger partial charge on any atom is -0.269 e. The summed E-state index contributed by atoms with van der Waals surface area (Å²) in [5.74, 6) is -0.853. The molecule has 140 valence electrons. The molecule has 0 radical (unpaired) electrons. The summed E-state index contributed by atoms with van der Waals surface area (Å²) in [6, 6.07) is 18.7. The second kappa shape index (κ2) is 6.90. The van der Waals surface area contributed by atoms with Crippen LogP contribution in [0.4, 0.5) is 0 Å². The summed E-state index contributed by atoms with van der Waals surface area (Å²) in [6.45, 7) is -0.132. The van der Waals surface area contributed by atoms with Crippen molar-refractivity contribution in [1.82, 2.24) is 9.73 Å². The number of nitrogens with one attached hydrogen (secondary N) is 1. The summed E-state index contributed by atoms with van der Waals surface area (Å²) < 4.78 is 24.8. The first kappa shape index (κ1) is 17.9. The number of hydrazone groups is 1. The summed E-state index contributed by atoms with van der Waals surface area (Å²) in [7, 11) is -3.86. The number of nitrogens with zero attached hydrogens (tertiary/aromatic N) is 2. The van der Waals surface area contributed by atoms with E-state index in [0.29, 0.717) is 11.1 Å². The first-order valence-electron chi connectivity index (χ1n) is 8.45. The number of carbonyl (C=O) groups excluding carboxylic acids is 2. The summed E-state index contributed by atoms with van der Waals surface area (Å²) in [4.78, 5) is 27.7. The van der Waals surface area contributed by atoms with Crippen LogP contribution in [0.3, 0.4) is 0 Å². The molecular weight excluding hydrogens is 378 g/mol. The van der Waals surface area contributed by atoms with E-state index in [2.05, 4.69) is 9.93 Å². The average Bonchev–Trinajstić information content (AvgIpc) is 2.95. The Bertz CT molecular complexity index is 1200. The molecule has 0 spiro atoms. The highest BCUT2D eigenvalue weighted by Crippen LogP contribution is 2.22. The molecule has 0 bridgehead atoms. The summed E-state index contributed by atoms with van der Waals surface area (Å²) in [5.41, 5.74) is 0.662. The predicted molar refractivity (Wildman–Crippen MR) is 105 cm³/mol. The fourth-order valence-electron chi connectivity index (χ4n) is 3.02. The van der Waals surface area contributed by atoms with Gasteiger partial charge in [-0.2, -0.15) is 13.5 Å². The summed E-state index contributed by atoms with van der Waals surface area (Å²) in [6.07, 6.45) is 1.18. The van der Waals surface area contributed by atoms with E-state index in [4.69, 9.17) is 0 Å². The molecular formula is C20H15N3O4S. The molecule has 0 aliphatic carbocycles. The molecule has 3 aromatic carbocycles. The van der Waals surface area contributed by atoms with Gasteiger partial charge in [0.2, 0.25) is 0 Å². The van der Waals surface area contributed by atoms with Gasteiger partial charge in [-0.3, -0.25) is 14.5 Å². The molecule has 1 N–H and O–H groups in total. The number of amides is 2. The minimum atomic E-state index is -3.86. The minimum absolute atomic E-state index is 0.0732. The number of benzene rings is 3. The Morgan fingerprint density at radius 2 is 1.46 bits per heavy atom. The van der Waals surface area contributed by atoms with Gasteiger partial charge in [-0.15, -0.1) is 0 Å². The molecule has 0 saturated carbocycles. The van der Waals surface area contributed by atoms with Gasteiger partial charge >= 0.3 is 0 Å². The van der Waals surface area contributed by atoms with E-state index < -0.39 is 21.8 Å². The molecule has 3 aromatic rings. The molecule has 0 aromatic heterocycles. The van der Waals surface area contributed by atoms with Crippen LogP contribution in [-0.4, -0.2) is 37.9 Å². The van der Waals surface area contributed by atoms with Crippen LogP contribution >= 0.6 is 0 Å². The quantitative estimate of drug-likeness (QED) is 0.409. The maximum atomic E-state index is 12.4. The maximum Gasteiger partial charge on any atom is 0.276 e. The fourth-order valence-corrected chi connectivity index (χ4v) is 3.87. The average molecular weight is 393 g/mol. The smallest absolute Gasteiger partial charge is 0.269 e. The SMILES string of the molecule is O=C1c2ccccc2C(=O)N1C/C=N\NS(=O)(=O)c1ccc2ccccc2c1.